The van der Waals surface area contributed by atoms with Crippen LogP contribution in [-0.4, -0.2) is 11.9 Å². The molecular formula is C14H6Cl4O4Zn. The fourth-order valence-electron chi connectivity index (χ4n) is 1.25. The number of hydrogen-bond donors (Lipinski definition) is 0. The van der Waals surface area contributed by atoms with Gasteiger partial charge in [0, 0.05) is 0 Å². The van der Waals surface area contributed by atoms with Gasteiger partial charge in [0.15, 0.2) is 0 Å². The molecule has 0 aromatic heterocycles. The SMILES string of the molecule is O=C([O-])c1ccc(Cl)c(Cl)c1.O=C([O-])c1ccc(Cl)c(Cl)c1.[Zn+2]. The van der Waals surface area contributed by atoms with Gasteiger partial charge in [0.25, 0.3) is 0 Å². The molecule has 0 unspecified atom stereocenters. The number of carbonyl (C=O) groups is 2. The van der Waals surface area contributed by atoms with Crippen molar-refractivity contribution < 1.29 is 39.3 Å². The second-order valence-corrected chi connectivity index (χ2v) is 5.46. The van der Waals surface area contributed by atoms with E-state index in [0.29, 0.717) is 10.0 Å². The molecule has 2 aromatic carbocycles. The van der Waals surface area contributed by atoms with Gasteiger partial charge in [-0.1, -0.05) is 58.5 Å². The fourth-order valence-corrected chi connectivity index (χ4v) is 1.84. The monoisotopic (exact) mass is 442 g/mol. The van der Waals surface area contributed by atoms with Gasteiger partial charge in [-0.2, -0.15) is 0 Å². The average molecular weight is 445 g/mol. The van der Waals surface area contributed by atoms with E-state index in [-0.39, 0.29) is 40.7 Å². The van der Waals surface area contributed by atoms with Crippen molar-refractivity contribution in [2.24, 2.45) is 0 Å². The van der Waals surface area contributed by atoms with E-state index in [9.17, 15) is 19.8 Å². The molecule has 0 saturated carbocycles. The summed E-state index contributed by atoms with van der Waals surface area (Å²) in [7, 11) is 0. The second kappa shape index (κ2) is 10.1. The molecule has 0 fully saturated rings. The maximum absolute atomic E-state index is 10.3. The summed E-state index contributed by atoms with van der Waals surface area (Å²) >= 11 is 22.1. The number of halogens is 4. The number of carboxylic acid groups (broad SMARTS) is 2. The van der Waals surface area contributed by atoms with Crippen LogP contribution in [0, 0.1) is 0 Å². The largest absolute Gasteiger partial charge is 2.00 e. The number of carboxylic acids is 2. The summed E-state index contributed by atoms with van der Waals surface area (Å²) < 4.78 is 0. The van der Waals surface area contributed by atoms with Crippen LogP contribution in [0.15, 0.2) is 36.4 Å². The van der Waals surface area contributed by atoms with Gasteiger partial charge in [0.05, 0.1) is 32.0 Å². The smallest absolute Gasteiger partial charge is 0.545 e. The second-order valence-electron chi connectivity index (χ2n) is 3.83. The summed E-state index contributed by atoms with van der Waals surface area (Å²) in [5, 5.41) is 21.6. The molecule has 0 spiro atoms. The standard InChI is InChI=1S/2C7H4Cl2O2.Zn/c2*8-5-2-1-4(7(10)11)3-6(5)9;/h2*1-3H,(H,10,11);/q;;+2/p-2. The minimum absolute atomic E-state index is 0. The van der Waals surface area contributed by atoms with Crippen LogP contribution in [0.4, 0.5) is 0 Å². The maximum Gasteiger partial charge on any atom is 2.00 e. The Kier molecular flexibility index (Phi) is 9.75. The topological polar surface area (TPSA) is 80.3 Å². The van der Waals surface area contributed by atoms with Crippen molar-refractivity contribution in [1.29, 1.82) is 0 Å². The van der Waals surface area contributed by atoms with Crippen molar-refractivity contribution >= 4 is 58.3 Å². The zero-order valence-corrected chi connectivity index (χ0v) is 17.3. The Morgan fingerprint density at radius 1 is 0.652 bits per heavy atom. The molecule has 0 aliphatic rings. The van der Waals surface area contributed by atoms with Crippen LogP contribution in [-0.2, 0) is 19.5 Å². The zero-order chi connectivity index (χ0) is 16.9. The van der Waals surface area contributed by atoms with E-state index in [0.717, 1.165) is 0 Å². The third-order valence-electron chi connectivity index (χ3n) is 2.31. The summed E-state index contributed by atoms with van der Waals surface area (Å²) in [4.78, 5) is 20.5. The molecule has 0 heterocycles. The fraction of sp³-hybridized carbons (Fsp3) is 0. The first-order chi connectivity index (χ1) is 10.2. The third kappa shape index (κ3) is 7.07. The van der Waals surface area contributed by atoms with Gasteiger partial charge < -0.3 is 19.8 Å². The van der Waals surface area contributed by atoms with E-state index < -0.39 is 11.9 Å². The third-order valence-corrected chi connectivity index (χ3v) is 3.79. The Bertz CT molecular complexity index is 660. The molecule has 116 valence electrons. The number of aromatic carboxylic acids is 2. The van der Waals surface area contributed by atoms with Crippen LogP contribution in [0.5, 0.6) is 0 Å². The predicted molar refractivity (Wildman–Crippen MR) is 81.6 cm³/mol. The average Bonchev–Trinajstić information content (AvgIpc) is 2.45. The summed E-state index contributed by atoms with van der Waals surface area (Å²) in [6.45, 7) is 0. The van der Waals surface area contributed by atoms with Crippen molar-refractivity contribution in [2.75, 3.05) is 0 Å². The van der Waals surface area contributed by atoms with Crippen molar-refractivity contribution in [2.45, 2.75) is 0 Å². The van der Waals surface area contributed by atoms with Crippen molar-refractivity contribution in [3.8, 4) is 0 Å². The molecule has 0 atom stereocenters. The number of benzene rings is 2. The van der Waals surface area contributed by atoms with Gasteiger partial charge in [-0.3, -0.25) is 0 Å². The van der Waals surface area contributed by atoms with Crippen molar-refractivity contribution in [3.05, 3.63) is 67.6 Å². The van der Waals surface area contributed by atoms with Crippen LogP contribution >= 0.6 is 46.4 Å². The normalized spacial score (nSPS) is 9.22. The quantitative estimate of drug-likeness (QED) is 0.666. The Labute approximate surface area is 164 Å². The van der Waals surface area contributed by atoms with Crippen LogP contribution in [0.2, 0.25) is 20.1 Å². The molecule has 4 nitrogen and oxygen atoms in total. The molecule has 23 heavy (non-hydrogen) atoms. The Morgan fingerprint density at radius 3 is 1.17 bits per heavy atom. The number of carbonyl (C=O) groups excluding carboxylic acids is 2. The maximum atomic E-state index is 10.3. The van der Waals surface area contributed by atoms with Gasteiger partial charge in [0.2, 0.25) is 0 Å². The predicted octanol–water partition coefficient (Wildman–Crippen LogP) is 2.71. The Hall–Kier alpha value is -0.837. The summed E-state index contributed by atoms with van der Waals surface area (Å²) in [6.07, 6.45) is 0. The van der Waals surface area contributed by atoms with Gasteiger partial charge in [0.1, 0.15) is 0 Å². The van der Waals surface area contributed by atoms with E-state index >= 15 is 0 Å². The van der Waals surface area contributed by atoms with Crippen LogP contribution in [0.1, 0.15) is 20.7 Å². The minimum Gasteiger partial charge on any atom is -0.545 e. The Balaban J connectivity index is 0.000000403. The first-order valence-corrected chi connectivity index (χ1v) is 7.06. The molecule has 0 aliphatic heterocycles. The van der Waals surface area contributed by atoms with Gasteiger partial charge in [-0.15, -0.1) is 0 Å². The molecule has 2 aromatic rings. The van der Waals surface area contributed by atoms with Gasteiger partial charge in [-0.25, -0.2) is 0 Å². The van der Waals surface area contributed by atoms with E-state index in [4.69, 9.17) is 46.4 Å². The van der Waals surface area contributed by atoms with Gasteiger partial charge in [-0.05, 0) is 35.4 Å². The molecule has 0 bridgehead atoms. The minimum atomic E-state index is -1.26. The van der Waals surface area contributed by atoms with E-state index in [1.54, 1.807) is 0 Å². The zero-order valence-electron chi connectivity index (χ0n) is 11.3. The summed E-state index contributed by atoms with van der Waals surface area (Å²) in [5.74, 6) is -2.52. The van der Waals surface area contributed by atoms with E-state index in [1.165, 1.54) is 36.4 Å². The van der Waals surface area contributed by atoms with Crippen molar-refractivity contribution in [1.82, 2.24) is 0 Å². The first-order valence-electron chi connectivity index (χ1n) is 5.55. The number of rotatable bonds is 2. The summed E-state index contributed by atoms with van der Waals surface area (Å²) in [5.41, 5.74) is 0.0544. The first kappa shape index (κ1) is 22.2. The van der Waals surface area contributed by atoms with Gasteiger partial charge >= 0.3 is 19.5 Å². The molecule has 0 N–H and O–H groups in total. The number of hydrogen-bond acceptors (Lipinski definition) is 4. The molecule has 0 amide bonds. The van der Waals surface area contributed by atoms with E-state index in [1.807, 2.05) is 0 Å². The molecule has 0 aliphatic carbocycles. The van der Waals surface area contributed by atoms with E-state index in [2.05, 4.69) is 0 Å². The van der Waals surface area contributed by atoms with Crippen LogP contribution in [0.3, 0.4) is 0 Å². The van der Waals surface area contributed by atoms with Crippen molar-refractivity contribution in [3.63, 3.8) is 0 Å². The molecular weight excluding hydrogens is 439 g/mol. The molecule has 2 rings (SSSR count). The van der Waals surface area contributed by atoms with Crippen LogP contribution < -0.4 is 10.2 Å². The molecule has 0 radical (unpaired) electrons. The molecule has 9 heteroatoms. The summed E-state index contributed by atoms with van der Waals surface area (Å²) in [6, 6.07) is 8.00. The molecule has 0 saturated heterocycles. The Morgan fingerprint density at radius 2 is 0.957 bits per heavy atom. The van der Waals surface area contributed by atoms with Crippen LogP contribution in [0.25, 0.3) is 0 Å².